The van der Waals surface area contributed by atoms with Crippen LogP contribution in [0.3, 0.4) is 0 Å². The van der Waals surface area contributed by atoms with Crippen molar-refractivity contribution < 1.29 is 6.13 Å². The first-order valence-corrected chi connectivity index (χ1v) is 11.4. The van der Waals surface area contributed by atoms with Gasteiger partial charge < -0.3 is 0 Å². The minimum Gasteiger partial charge on any atom is -0.269 e. The zero-order valence-electron chi connectivity index (χ0n) is 18.4. The van der Waals surface area contributed by atoms with Gasteiger partial charge in [0.05, 0.1) is 0 Å². The van der Waals surface area contributed by atoms with Crippen LogP contribution in [0.1, 0.15) is 127 Å². The van der Waals surface area contributed by atoms with Crippen molar-refractivity contribution in [2.24, 2.45) is 35.5 Å². The topological polar surface area (TPSA) is 0 Å². The molecule has 0 N–H and O–H groups in total. The number of rotatable bonds is 0. The van der Waals surface area contributed by atoms with E-state index in [-0.39, 0.29) is 13.6 Å². The van der Waals surface area contributed by atoms with Crippen molar-refractivity contribution in [3.63, 3.8) is 0 Å². The predicted octanol–water partition coefficient (Wildman–Crippen LogP) is 9.53. The molecule has 0 unspecified atom stereocenters. The number of hydrogen-bond donors (Lipinski definition) is 0. The lowest BCUT2D eigenvalue weighted by atomic mass is 9.84. The Labute approximate surface area is 168 Å². The van der Waals surface area contributed by atoms with E-state index in [1.165, 1.54) is 77.0 Å². The van der Waals surface area contributed by atoms with Crippen LogP contribution in [0.5, 0.6) is 0 Å². The minimum atomic E-state index is 0. The first kappa shape index (κ1) is 28.1. The van der Waals surface area contributed by atoms with E-state index < -0.39 is 0 Å². The predicted molar refractivity (Wildman–Crippen MR) is 122 cm³/mol. The Balaban J connectivity index is -0.000000303. The average Bonchev–Trinajstić information content (AvgIpc) is 2.57. The standard InChI is InChI=1S/3C8H16.CH4.FH.H2/c3*1-7-3-5-8(2)6-4-7;;;/h3*7-8H,3-6H2,1-2H3;1H4;2*1H/i;;;;;1+1. The first-order valence-electron chi connectivity index (χ1n) is 11.4. The second-order valence-corrected chi connectivity index (χ2v) is 10.1. The van der Waals surface area contributed by atoms with Crippen molar-refractivity contribution in [3.05, 3.63) is 0 Å². The van der Waals surface area contributed by atoms with E-state index in [0.29, 0.717) is 0 Å². The summed E-state index contributed by atoms with van der Waals surface area (Å²) in [5.74, 6) is 6.12. The highest BCUT2D eigenvalue weighted by atomic mass is 19.0. The summed E-state index contributed by atoms with van der Waals surface area (Å²) in [5.41, 5.74) is 0. The molecule has 1 heteroatoms. The smallest absolute Gasteiger partial charge is 0 e. The van der Waals surface area contributed by atoms with Crippen molar-refractivity contribution in [2.75, 3.05) is 0 Å². The van der Waals surface area contributed by atoms with Crippen LogP contribution in [0, 0.1) is 35.5 Å². The van der Waals surface area contributed by atoms with Gasteiger partial charge in [-0.2, -0.15) is 0 Å². The van der Waals surface area contributed by atoms with Gasteiger partial charge in [-0.25, -0.2) is 0 Å². The Morgan fingerprint density at radius 1 is 0.346 bits per heavy atom. The molecule has 0 radical (unpaired) electrons. The third kappa shape index (κ3) is 14.0. The van der Waals surface area contributed by atoms with E-state index in [4.69, 9.17) is 0 Å². The third-order valence-electron chi connectivity index (χ3n) is 6.91. The molecule has 0 amide bonds. The highest BCUT2D eigenvalue weighted by molar-refractivity contribution is 4.67. The Bertz CT molecular complexity index is 205. The maximum absolute atomic E-state index is 2.37. The molecule has 3 aliphatic carbocycles. The minimum absolute atomic E-state index is 0. The van der Waals surface area contributed by atoms with Gasteiger partial charge in [0.1, 0.15) is 0 Å². The highest BCUT2D eigenvalue weighted by Crippen LogP contribution is 2.28. The van der Waals surface area contributed by atoms with E-state index >= 15 is 0 Å². The molecular formula is C25H55F. The molecule has 0 bridgehead atoms. The normalized spacial score (nSPS) is 36.7. The Hall–Kier alpha value is -0.0700. The van der Waals surface area contributed by atoms with Crippen LogP contribution in [-0.2, 0) is 0 Å². The van der Waals surface area contributed by atoms with Gasteiger partial charge in [0.25, 0.3) is 0 Å². The molecule has 162 valence electrons. The van der Waals surface area contributed by atoms with Gasteiger partial charge in [0.15, 0.2) is 0 Å². The maximum atomic E-state index is 2.37. The molecule has 3 fully saturated rings. The van der Waals surface area contributed by atoms with Crippen LogP contribution >= 0.6 is 0 Å². The van der Waals surface area contributed by atoms with Crippen LogP contribution in [0.25, 0.3) is 0 Å². The molecule has 0 aromatic carbocycles. The Kier molecular flexibility index (Phi) is 17.2. The first-order chi connectivity index (χ1) is 11.4. The van der Waals surface area contributed by atoms with E-state index in [2.05, 4.69) is 41.5 Å². The molecule has 0 spiro atoms. The lowest BCUT2D eigenvalue weighted by molar-refractivity contribution is 0.308. The molecule has 0 aromatic rings. The van der Waals surface area contributed by atoms with Crippen molar-refractivity contribution >= 4 is 0 Å². The lowest BCUT2D eigenvalue weighted by Gasteiger charge is -2.22. The molecule has 0 atom stereocenters. The summed E-state index contributed by atoms with van der Waals surface area (Å²) < 4.78 is 0. The molecule has 0 nitrogen and oxygen atoms in total. The summed E-state index contributed by atoms with van der Waals surface area (Å²) >= 11 is 0. The Morgan fingerprint density at radius 3 is 0.500 bits per heavy atom. The fraction of sp³-hybridized carbons (Fsp3) is 1.00. The summed E-state index contributed by atoms with van der Waals surface area (Å²) in [6.07, 6.45) is 17.7. The molecular weight excluding hydrogens is 319 g/mol. The lowest BCUT2D eigenvalue weighted by Crippen LogP contribution is -2.08. The molecule has 0 aromatic heterocycles. The van der Waals surface area contributed by atoms with Crippen molar-refractivity contribution in [3.8, 4) is 0 Å². The second kappa shape index (κ2) is 15.9. The van der Waals surface area contributed by atoms with Crippen molar-refractivity contribution in [2.45, 2.75) is 126 Å². The average molecular weight is 376 g/mol. The van der Waals surface area contributed by atoms with E-state index in [0.717, 1.165) is 35.5 Å². The molecule has 26 heavy (non-hydrogen) atoms. The summed E-state index contributed by atoms with van der Waals surface area (Å²) in [5, 5.41) is 0. The van der Waals surface area contributed by atoms with E-state index in [9.17, 15) is 0 Å². The zero-order valence-corrected chi connectivity index (χ0v) is 18.4. The zero-order chi connectivity index (χ0) is 17.9. The Morgan fingerprint density at radius 2 is 0.423 bits per heavy atom. The quantitative estimate of drug-likeness (QED) is 0.395. The number of hydrogen-bond acceptors (Lipinski definition) is 0. The summed E-state index contributed by atoms with van der Waals surface area (Å²) in [6, 6.07) is 0. The van der Waals surface area contributed by atoms with Gasteiger partial charge in [0.2, 0.25) is 0 Å². The van der Waals surface area contributed by atoms with Crippen LogP contribution < -0.4 is 0 Å². The highest BCUT2D eigenvalue weighted by Gasteiger charge is 2.14. The van der Waals surface area contributed by atoms with Gasteiger partial charge in [-0.15, -0.1) is 0 Å². The van der Waals surface area contributed by atoms with Gasteiger partial charge >= 0.3 is 0 Å². The molecule has 0 heterocycles. The molecule has 0 aliphatic heterocycles. The number of halogens is 1. The van der Waals surface area contributed by atoms with Gasteiger partial charge in [0, 0.05) is 1.43 Å². The molecule has 3 rings (SSSR count). The van der Waals surface area contributed by atoms with Crippen molar-refractivity contribution in [1.29, 1.82) is 0 Å². The van der Waals surface area contributed by atoms with Crippen LogP contribution in [0.15, 0.2) is 0 Å². The largest absolute Gasteiger partial charge is 0.269 e. The van der Waals surface area contributed by atoms with E-state index in [1.54, 1.807) is 0 Å². The second-order valence-electron chi connectivity index (χ2n) is 10.1. The van der Waals surface area contributed by atoms with Crippen LogP contribution in [0.2, 0.25) is 0 Å². The van der Waals surface area contributed by atoms with E-state index in [1.807, 2.05) is 0 Å². The van der Waals surface area contributed by atoms with Gasteiger partial charge in [-0.1, -0.05) is 126 Å². The third-order valence-corrected chi connectivity index (χ3v) is 6.91. The SMILES string of the molecule is C.CC1CCC(C)CC1.CC1CCC(C)CC1.CC1CCC(C)CC1.F.[2HH]. The molecule has 3 saturated carbocycles. The molecule has 0 saturated heterocycles. The fourth-order valence-electron chi connectivity index (χ4n) is 4.28. The van der Waals surface area contributed by atoms with Crippen LogP contribution in [0.4, 0.5) is 4.70 Å². The van der Waals surface area contributed by atoms with Crippen LogP contribution in [-0.4, -0.2) is 0 Å². The van der Waals surface area contributed by atoms with Crippen molar-refractivity contribution in [1.82, 2.24) is 0 Å². The fourth-order valence-corrected chi connectivity index (χ4v) is 4.28. The monoisotopic (exact) mass is 375 g/mol. The molecule has 3 aliphatic rings. The maximum Gasteiger partial charge on any atom is 0 e. The van der Waals surface area contributed by atoms with Gasteiger partial charge in [-0.05, 0) is 35.5 Å². The summed E-state index contributed by atoms with van der Waals surface area (Å²) in [7, 11) is 0. The summed E-state index contributed by atoms with van der Waals surface area (Å²) in [6.45, 7) is 14.2. The van der Waals surface area contributed by atoms with Gasteiger partial charge in [-0.3, -0.25) is 4.70 Å². The summed E-state index contributed by atoms with van der Waals surface area (Å²) in [4.78, 5) is 0.